The van der Waals surface area contributed by atoms with Crippen LogP contribution in [0.5, 0.6) is 0 Å². The van der Waals surface area contributed by atoms with Crippen molar-refractivity contribution in [2.24, 2.45) is 0 Å². The first kappa shape index (κ1) is 17.2. The predicted molar refractivity (Wildman–Crippen MR) is 85.0 cm³/mol. The summed E-state index contributed by atoms with van der Waals surface area (Å²) in [5.41, 5.74) is 1.81. The average Bonchev–Trinajstić information content (AvgIpc) is 2.95. The molecular formula is C16H18ClF3N4. The second-order valence-electron chi connectivity index (χ2n) is 6.24. The highest BCUT2D eigenvalue weighted by molar-refractivity contribution is 6.31. The first-order valence-electron chi connectivity index (χ1n) is 7.83. The standard InChI is InChI=1S/C16H18ClF3N4/c1-9(21-11-3-5-14-15(8-11)23-24-22-14)6-10-2-4-13(17)12(7-10)16(18,19)20/h2,4,7,9,11,21H,3,5-6,8H2,1H3,(H,22,23,24). The van der Waals surface area contributed by atoms with E-state index in [1.165, 1.54) is 6.07 Å². The van der Waals surface area contributed by atoms with E-state index in [2.05, 4.69) is 20.7 Å². The minimum Gasteiger partial charge on any atom is -0.311 e. The van der Waals surface area contributed by atoms with Crippen molar-refractivity contribution in [2.75, 3.05) is 0 Å². The van der Waals surface area contributed by atoms with E-state index >= 15 is 0 Å². The molecule has 0 bridgehead atoms. The van der Waals surface area contributed by atoms with E-state index in [0.29, 0.717) is 12.0 Å². The number of nitrogens with zero attached hydrogens (tertiary/aromatic N) is 2. The Morgan fingerprint density at radius 2 is 2.08 bits per heavy atom. The maximum Gasteiger partial charge on any atom is 0.417 e. The zero-order valence-corrected chi connectivity index (χ0v) is 13.9. The molecule has 2 atom stereocenters. The Labute approximate surface area is 142 Å². The maximum absolute atomic E-state index is 12.9. The number of H-pyrrole nitrogens is 1. The molecule has 8 heteroatoms. The second kappa shape index (κ2) is 6.72. The Kier molecular flexibility index (Phi) is 4.83. The smallest absolute Gasteiger partial charge is 0.311 e. The normalized spacial score (nSPS) is 19.1. The Balaban J connectivity index is 1.62. The van der Waals surface area contributed by atoms with Crippen LogP contribution < -0.4 is 5.32 Å². The number of fused-ring (bicyclic) bond motifs is 1. The molecule has 0 saturated carbocycles. The number of aromatic nitrogens is 3. The molecule has 0 spiro atoms. The van der Waals surface area contributed by atoms with Gasteiger partial charge in [0.1, 0.15) is 0 Å². The molecule has 0 aliphatic heterocycles. The van der Waals surface area contributed by atoms with Gasteiger partial charge in [-0.15, -0.1) is 0 Å². The van der Waals surface area contributed by atoms with E-state index in [1.807, 2.05) is 6.92 Å². The molecule has 0 amide bonds. The third kappa shape index (κ3) is 3.89. The zero-order valence-electron chi connectivity index (χ0n) is 13.1. The Bertz CT molecular complexity index is 714. The van der Waals surface area contributed by atoms with Crippen LogP contribution in [0, 0.1) is 0 Å². The molecule has 3 rings (SSSR count). The van der Waals surface area contributed by atoms with E-state index in [4.69, 9.17) is 11.6 Å². The van der Waals surface area contributed by atoms with Crippen molar-refractivity contribution in [3.63, 3.8) is 0 Å². The van der Waals surface area contributed by atoms with Crippen LogP contribution in [-0.2, 0) is 25.4 Å². The molecule has 130 valence electrons. The number of benzene rings is 1. The van der Waals surface area contributed by atoms with E-state index in [-0.39, 0.29) is 17.1 Å². The number of aryl methyl sites for hydroxylation is 1. The van der Waals surface area contributed by atoms with Crippen LogP contribution in [0.3, 0.4) is 0 Å². The lowest BCUT2D eigenvalue weighted by atomic mass is 9.94. The maximum atomic E-state index is 12.9. The van der Waals surface area contributed by atoms with Crippen LogP contribution in [0.2, 0.25) is 5.02 Å². The van der Waals surface area contributed by atoms with Gasteiger partial charge in [0, 0.05) is 18.5 Å². The number of nitrogens with one attached hydrogen (secondary N) is 2. The lowest BCUT2D eigenvalue weighted by Crippen LogP contribution is -2.41. The lowest BCUT2D eigenvalue weighted by Gasteiger charge is -2.26. The summed E-state index contributed by atoms with van der Waals surface area (Å²) < 4.78 is 38.8. The molecule has 1 heterocycles. The van der Waals surface area contributed by atoms with Crippen molar-refractivity contribution in [1.82, 2.24) is 20.7 Å². The summed E-state index contributed by atoms with van der Waals surface area (Å²) in [6.45, 7) is 1.97. The highest BCUT2D eigenvalue weighted by Crippen LogP contribution is 2.35. The van der Waals surface area contributed by atoms with Gasteiger partial charge in [0.25, 0.3) is 0 Å². The number of rotatable bonds is 4. The lowest BCUT2D eigenvalue weighted by molar-refractivity contribution is -0.137. The fourth-order valence-electron chi connectivity index (χ4n) is 3.16. The summed E-state index contributed by atoms with van der Waals surface area (Å²) in [6.07, 6.45) is -1.35. The largest absolute Gasteiger partial charge is 0.417 e. The highest BCUT2D eigenvalue weighted by atomic mass is 35.5. The molecule has 2 unspecified atom stereocenters. The third-order valence-corrected chi connectivity index (χ3v) is 4.60. The zero-order chi connectivity index (χ0) is 17.3. The average molecular weight is 359 g/mol. The van der Waals surface area contributed by atoms with Gasteiger partial charge >= 0.3 is 6.18 Å². The molecule has 24 heavy (non-hydrogen) atoms. The van der Waals surface area contributed by atoms with Gasteiger partial charge in [0.05, 0.1) is 22.0 Å². The summed E-state index contributed by atoms with van der Waals surface area (Å²) in [5, 5.41) is 14.1. The van der Waals surface area contributed by atoms with Gasteiger partial charge in [-0.2, -0.15) is 28.6 Å². The molecular weight excluding hydrogens is 341 g/mol. The molecule has 4 nitrogen and oxygen atoms in total. The highest BCUT2D eigenvalue weighted by Gasteiger charge is 2.33. The quantitative estimate of drug-likeness (QED) is 0.878. The van der Waals surface area contributed by atoms with Crippen LogP contribution in [0.25, 0.3) is 0 Å². The van der Waals surface area contributed by atoms with Gasteiger partial charge in [-0.05, 0) is 43.9 Å². The fraction of sp³-hybridized carbons (Fsp3) is 0.500. The minimum atomic E-state index is -4.43. The summed E-state index contributed by atoms with van der Waals surface area (Å²) in [4.78, 5) is 0. The monoisotopic (exact) mass is 358 g/mol. The third-order valence-electron chi connectivity index (χ3n) is 4.27. The number of halogens is 4. The first-order valence-corrected chi connectivity index (χ1v) is 8.21. The van der Waals surface area contributed by atoms with Crippen LogP contribution in [0.15, 0.2) is 18.2 Å². The molecule has 2 N–H and O–H groups in total. The van der Waals surface area contributed by atoms with Gasteiger partial charge in [-0.3, -0.25) is 0 Å². The van der Waals surface area contributed by atoms with Crippen molar-refractivity contribution >= 4 is 11.6 Å². The van der Waals surface area contributed by atoms with E-state index in [0.717, 1.165) is 36.7 Å². The molecule has 0 radical (unpaired) electrons. The summed E-state index contributed by atoms with van der Waals surface area (Å²) in [7, 11) is 0. The Morgan fingerprint density at radius 3 is 2.83 bits per heavy atom. The van der Waals surface area contributed by atoms with Crippen molar-refractivity contribution in [3.05, 3.63) is 45.7 Å². The van der Waals surface area contributed by atoms with Gasteiger partial charge < -0.3 is 5.32 Å². The molecule has 0 saturated heterocycles. The molecule has 0 fully saturated rings. The van der Waals surface area contributed by atoms with Crippen molar-refractivity contribution in [3.8, 4) is 0 Å². The molecule has 2 aromatic rings. The number of hydrogen-bond donors (Lipinski definition) is 2. The Hall–Kier alpha value is -1.60. The Morgan fingerprint density at radius 1 is 1.33 bits per heavy atom. The van der Waals surface area contributed by atoms with Crippen molar-refractivity contribution < 1.29 is 13.2 Å². The van der Waals surface area contributed by atoms with Crippen molar-refractivity contribution in [2.45, 2.75) is 50.9 Å². The van der Waals surface area contributed by atoms with Gasteiger partial charge in [-0.25, -0.2) is 0 Å². The van der Waals surface area contributed by atoms with Gasteiger partial charge in [0.2, 0.25) is 0 Å². The van der Waals surface area contributed by atoms with Crippen molar-refractivity contribution in [1.29, 1.82) is 0 Å². The van der Waals surface area contributed by atoms with E-state index in [9.17, 15) is 13.2 Å². The second-order valence-corrected chi connectivity index (χ2v) is 6.65. The van der Waals surface area contributed by atoms with Crippen LogP contribution in [0.1, 0.15) is 35.9 Å². The van der Waals surface area contributed by atoms with Crippen LogP contribution >= 0.6 is 11.6 Å². The summed E-state index contributed by atoms with van der Waals surface area (Å²) in [6, 6.07) is 4.40. The number of alkyl halides is 3. The minimum absolute atomic E-state index is 0.0470. The fourth-order valence-corrected chi connectivity index (χ4v) is 3.38. The topological polar surface area (TPSA) is 53.6 Å². The molecule has 1 aromatic carbocycles. The molecule has 1 aromatic heterocycles. The van der Waals surface area contributed by atoms with Crippen LogP contribution in [-0.4, -0.2) is 27.5 Å². The van der Waals surface area contributed by atoms with Gasteiger partial charge in [-0.1, -0.05) is 17.7 Å². The molecule has 1 aliphatic carbocycles. The van der Waals surface area contributed by atoms with E-state index < -0.39 is 11.7 Å². The molecule has 1 aliphatic rings. The number of aromatic amines is 1. The van der Waals surface area contributed by atoms with E-state index in [1.54, 1.807) is 6.07 Å². The predicted octanol–water partition coefficient (Wildman–Crippen LogP) is 3.56. The van der Waals surface area contributed by atoms with Gasteiger partial charge in [0.15, 0.2) is 0 Å². The number of hydrogen-bond acceptors (Lipinski definition) is 3. The summed E-state index contributed by atoms with van der Waals surface area (Å²) >= 11 is 5.66. The first-order chi connectivity index (χ1) is 11.3. The SMILES string of the molecule is CC(Cc1ccc(Cl)c(C(F)(F)F)c1)NC1CCc2n[nH]nc2C1. The summed E-state index contributed by atoms with van der Waals surface area (Å²) in [5.74, 6) is 0. The van der Waals surface area contributed by atoms with Crippen LogP contribution in [0.4, 0.5) is 13.2 Å².